The number of ether oxygens (including phenoxy) is 1. The van der Waals surface area contributed by atoms with Gasteiger partial charge in [-0.1, -0.05) is 23.7 Å². The summed E-state index contributed by atoms with van der Waals surface area (Å²) in [5.74, 6) is -1.44. The van der Waals surface area contributed by atoms with Crippen LogP contribution in [0.5, 0.6) is 5.75 Å². The number of para-hydroxylation sites is 1. The molecular formula is C14H9ClF2O2. The van der Waals surface area contributed by atoms with Crippen molar-refractivity contribution < 1.29 is 18.3 Å². The predicted molar refractivity (Wildman–Crippen MR) is 67.5 cm³/mol. The zero-order valence-electron chi connectivity index (χ0n) is 9.70. The molecule has 2 rings (SSSR count). The number of rotatable bonds is 4. The Morgan fingerprint density at radius 2 is 1.79 bits per heavy atom. The molecule has 0 spiro atoms. The summed E-state index contributed by atoms with van der Waals surface area (Å²) in [6, 6.07) is 8.15. The third-order valence-corrected chi connectivity index (χ3v) is 2.90. The lowest BCUT2D eigenvalue weighted by Gasteiger charge is -2.11. The Hall–Kier alpha value is -1.94. The first-order valence-electron chi connectivity index (χ1n) is 5.43. The molecule has 0 amide bonds. The van der Waals surface area contributed by atoms with Crippen molar-refractivity contribution >= 4 is 17.9 Å². The fourth-order valence-corrected chi connectivity index (χ4v) is 1.80. The first-order chi connectivity index (χ1) is 9.13. The van der Waals surface area contributed by atoms with Gasteiger partial charge in [0, 0.05) is 5.56 Å². The molecule has 19 heavy (non-hydrogen) atoms. The topological polar surface area (TPSA) is 26.3 Å². The van der Waals surface area contributed by atoms with Gasteiger partial charge in [-0.15, -0.1) is 0 Å². The number of aldehydes is 1. The van der Waals surface area contributed by atoms with Crippen molar-refractivity contribution in [1.82, 2.24) is 0 Å². The normalized spacial score (nSPS) is 10.3. The maximum Gasteiger partial charge on any atom is 0.165 e. The van der Waals surface area contributed by atoms with Crippen LogP contribution >= 0.6 is 11.6 Å². The Bertz CT molecular complexity index is 594. The Morgan fingerprint density at radius 3 is 2.47 bits per heavy atom. The monoisotopic (exact) mass is 282 g/mol. The number of hydrogen-bond acceptors (Lipinski definition) is 2. The highest BCUT2D eigenvalue weighted by Crippen LogP contribution is 2.25. The lowest BCUT2D eigenvalue weighted by Crippen LogP contribution is -2.03. The molecule has 0 N–H and O–H groups in total. The van der Waals surface area contributed by atoms with E-state index in [4.69, 9.17) is 16.3 Å². The Kier molecular flexibility index (Phi) is 4.12. The fourth-order valence-electron chi connectivity index (χ4n) is 1.59. The van der Waals surface area contributed by atoms with Crippen molar-refractivity contribution in [1.29, 1.82) is 0 Å². The minimum Gasteiger partial charge on any atom is -0.485 e. The maximum absolute atomic E-state index is 13.5. The average Bonchev–Trinajstić information content (AvgIpc) is 2.39. The predicted octanol–water partition coefficient (Wildman–Crippen LogP) is 4.01. The summed E-state index contributed by atoms with van der Waals surface area (Å²) in [5.41, 5.74) is 0.178. The van der Waals surface area contributed by atoms with E-state index in [2.05, 4.69) is 0 Å². The quantitative estimate of drug-likeness (QED) is 0.792. The highest BCUT2D eigenvalue weighted by atomic mass is 35.5. The second kappa shape index (κ2) is 5.80. The molecule has 0 aliphatic heterocycles. The third-order valence-electron chi connectivity index (χ3n) is 2.55. The largest absolute Gasteiger partial charge is 0.485 e. The molecule has 2 nitrogen and oxygen atoms in total. The molecule has 0 aliphatic carbocycles. The van der Waals surface area contributed by atoms with Crippen LogP contribution in [-0.4, -0.2) is 6.29 Å². The maximum atomic E-state index is 13.5. The third kappa shape index (κ3) is 2.90. The van der Waals surface area contributed by atoms with Crippen LogP contribution in [0, 0.1) is 11.6 Å². The molecule has 0 heterocycles. The second-order valence-electron chi connectivity index (χ2n) is 3.76. The van der Waals surface area contributed by atoms with Crippen LogP contribution in [0.25, 0.3) is 0 Å². The van der Waals surface area contributed by atoms with Gasteiger partial charge in [-0.05, 0) is 24.3 Å². The van der Waals surface area contributed by atoms with Crippen molar-refractivity contribution in [3.05, 3.63) is 64.2 Å². The number of halogens is 3. The van der Waals surface area contributed by atoms with Gasteiger partial charge in [-0.3, -0.25) is 4.79 Å². The van der Waals surface area contributed by atoms with E-state index in [0.29, 0.717) is 6.29 Å². The number of hydrogen-bond donors (Lipinski definition) is 0. The number of benzene rings is 2. The van der Waals surface area contributed by atoms with Gasteiger partial charge in [0.05, 0.1) is 10.6 Å². The van der Waals surface area contributed by atoms with Crippen LogP contribution < -0.4 is 4.74 Å². The van der Waals surface area contributed by atoms with Gasteiger partial charge in [0.25, 0.3) is 0 Å². The van der Waals surface area contributed by atoms with Crippen molar-refractivity contribution in [3.8, 4) is 5.75 Å². The summed E-state index contributed by atoms with van der Waals surface area (Å²) in [4.78, 5) is 10.8. The highest BCUT2D eigenvalue weighted by molar-refractivity contribution is 6.31. The molecule has 0 fully saturated rings. The SMILES string of the molecule is O=Cc1cccc(F)c1OCc1c(F)cccc1Cl. The molecule has 2 aromatic rings. The molecule has 0 saturated heterocycles. The molecule has 0 saturated carbocycles. The lowest BCUT2D eigenvalue weighted by molar-refractivity contribution is 0.111. The Labute approximate surface area is 113 Å². The van der Waals surface area contributed by atoms with E-state index >= 15 is 0 Å². The molecule has 98 valence electrons. The van der Waals surface area contributed by atoms with Crippen LogP contribution in [0.15, 0.2) is 36.4 Å². The van der Waals surface area contributed by atoms with E-state index in [1.807, 2.05) is 0 Å². The Balaban J connectivity index is 2.26. The molecular weight excluding hydrogens is 274 g/mol. The van der Waals surface area contributed by atoms with E-state index in [1.165, 1.54) is 30.3 Å². The summed E-state index contributed by atoms with van der Waals surface area (Å²) in [6.07, 6.45) is 0.474. The number of carbonyl (C=O) groups is 1. The van der Waals surface area contributed by atoms with Crippen molar-refractivity contribution in [3.63, 3.8) is 0 Å². The minimum absolute atomic E-state index is 0.0625. The minimum atomic E-state index is -0.683. The van der Waals surface area contributed by atoms with E-state index < -0.39 is 11.6 Å². The number of carbonyl (C=O) groups excluding carboxylic acids is 1. The van der Waals surface area contributed by atoms with Crippen LogP contribution in [0.2, 0.25) is 5.02 Å². The van der Waals surface area contributed by atoms with Crippen molar-refractivity contribution in [2.24, 2.45) is 0 Å². The summed E-state index contributed by atoms with van der Waals surface area (Å²) >= 11 is 5.83. The van der Waals surface area contributed by atoms with Crippen molar-refractivity contribution in [2.75, 3.05) is 0 Å². The fraction of sp³-hybridized carbons (Fsp3) is 0.0714. The molecule has 5 heteroatoms. The van der Waals surface area contributed by atoms with Crippen LogP contribution in [0.3, 0.4) is 0 Å². The summed E-state index contributed by atoms with van der Waals surface area (Å²) < 4.78 is 32.2. The molecule has 0 aliphatic rings. The van der Waals surface area contributed by atoms with Gasteiger partial charge in [-0.25, -0.2) is 8.78 Å². The summed E-state index contributed by atoms with van der Waals surface area (Å²) in [5, 5.41) is 0.184. The molecule has 0 atom stereocenters. The van der Waals surface area contributed by atoms with Crippen LogP contribution in [-0.2, 0) is 6.61 Å². The zero-order valence-corrected chi connectivity index (χ0v) is 10.5. The second-order valence-corrected chi connectivity index (χ2v) is 4.17. The molecule has 0 aromatic heterocycles. The summed E-state index contributed by atoms with van der Waals surface area (Å²) in [6.45, 7) is -0.257. The van der Waals surface area contributed by atoms with Crippen molar-refractivity contribution in [2.45, 2.75) is 6.61 Å². The zero-order chi connectivity index (χ0) is 13.8. The van der Waals surface area contributed by atoms with E-state index in [9.17, 15) is 13.6 Å². The van der Waals surface area contributed by atoms with Gasteiger partial charge in [0.1, 0.15) is 12.4 Å². The first kappa shape index (κ1) is 13.5. The Morgan fingerprint density at radius 1 is 1.11 bits per heavy atom. The van der Waals surface area contributed by atoms with Gasteiger partial charge >= 0.3 is 0 Å². The van der Waals surface area contributed by atoms with Crippen LogP contribution in [0.4, 0.5) is 8.78 Å². The van der Waals surface area contributed by atoms with Crippen LogP contribution in [0.1, 0.15) is 15.9 Å². The molecule has 0 bridgehead atoms. The molecule has 0 unspecified atom stereocenters. The van der Waals surface area contributed by atoms with E-state index in [0.717, 1.165) is 6.07 Å². The van der Waals surface area contributed by atoms with Gasteiger partial charge in [0.15, 0.2) is 17.9 Å². The standard InChI is InChI=1S/C14H9ClF2O2/c15-11-4-2-5-12(16)10(11)8-19-14-9(7-18)3-1-6-13(14)17/h1-7H,8H2. The summed E-state index contributed by atoms with van der Waals surface area (Å²) in [7, 11) is 0. The highest BCUT2D eigenvalue weighted by Gasteiger charge is 2.12. The lowest BCUT2D eigenvalue weighted by atomic mass is 10.2. The van der Waals surface area contributed by atoms with Gasteiger partial charge < -0.3 is 4.74 Å². The average molecular weight is 283 g/mol. The van der Waals surface area contributed by atoms with E-state index in [-0.39, 0.29) is 28.5 Å². The van der Waals surface area contributed by atoms with Gasteiger partial charge in [0.2, 0.25) is 0 Å². The van der Waals surface area contributed by atoms with Gasteiger partial charge in [-0.2, -0.15) is 0 Å². The molecule has 2 aromatic carbocycles. The molecule has 0 radical (unpaired) electrons. The van der Waals surface area contributed by atoms with E-state index in [1.54, 1.807) is 0 Å². The first-order valence-corrected chi connectivity index (χ1v) is 5.80. The smallest absolute Gasteiger partial charge is 0.165 e.